The van der Waals surface area contributed by atoms with Crippen LogP contribution >= 0.6 is 0 Å². The molecule has 0 radical (unpaired) electrons. The monoisotopic (exact) mass is 441 g/mol. The molecule has 8 heteroatoms. The number of quaternary nitrogens is 1. The van der Waals surface area contributed by atoms with Crippen LogP contribution in [0.5, 0.6) is 0 Å². The van der Waals surface area contributed by atoms with Crippen LogP contribution in [0.1, 0.15) is 30.3 Å². The van der Waals surface area contributed by atoms with Crippen molar-refractivity contribution in [2.45, 2.75) is 25.8 Å². The van der Waals surface area contributed by atoms with Crippen molar-refractivity contribution in [3.63, 3.8) is 0 Å². The summed E-state index contributed by atoms with van der Waals surface area (Å²) >= 11 is 0. The number of carbonyl (C=O) groups is 2. The van der Waals surface area contributed by atoms with Crippen LogP contribution in [-0.4, -0.2) is 48.8 Å². The highest BCUT2D eigenvalue weighted by atomic mass is 16.2. The predicted molar refractivity (Wildman–Crippen MR) is 125 cm³/mol. The molecule has 0 spiro atoms. The number of anilines is 1. The van der Waals surface area contributed by atoms with Gasteiger partial charge in [0.15, 0.2) is 5.69 Å². The molecular weight excluding hydrogens is 416 g/mol. The van der Waals surface area contributed by atoms with E-state index >= 15 is 0 Å². The highest BCUT2D eigenvalue weighted by molar-refractivity contribution is 6.00. The van der Waals surface area contributed by atoms with Crippen LogP contribution in [0.2, 0.25) is 0 Å². The third-order valence-electron chi connectivity index (χ3n) is 6.37. The molecule has 33 heavy (non-hydrogen) atoms. The summed E-state index contributed by atoms with van der Waals surface area (Å²) in [7, 11) is 0. The highest BCUT2D eigenvalue weighted by Gasteiger charge is 2.53. The molecule has 3 amide bonds. The molecule has 1 saturated heterocycles. The summed E-state index contributed by atoms with van der Waals surface area (Å²) in [5, 5.41) is 10.2. The number of aromatic amines is 1. The summed E-state index contributed by atoms with van der Waals surface area (Å²) in [5.41, 5.74) is 3.04. The lowest BCUT2D eigenvalue weighted by molar-refractivity contribution is -0.775. The number of nitrogens with one attached hydrogen (secondary N) is 2. The van der Waals surface area contributed by atoms with Gasteiger partial charge in [-0.15, -0.1) is 0 Å². The topological polar surface area (TPSA) is 92.7 Å². The normalized spacial score (nSPS) is 20.0. The predicted octanol–water partition coefficient (Wildman–Crippen LogP) is 4.63. The molecule has 1 aromatic carbocycles. The lowest BCUT2D eigenvalue weighted by Crippen LogP contribution is -2.60. The smallest absolute Gasteiger partial charge is 0.322 e. The van der Waals surface area contributed by atoms with Crippen molar-refractivity contribution in [2.75, 3.05) is 11.9 Å². The van der Waals surface area contributed by atoms with Crippen LogP contribution in [0, 0.1) is 0 Å². The number of hydrogen-bond donors (Lipinski definition) is 2. The van der Waals surface area contributed by atoms with Gasteiger partial charge in [-0.3, -0.25) is 15.4 Å². The van der Waals surface area contributed by atoms with Crippen LogP contribution in [0.25, 0.3) is 17.1 Å². The van der Waals surface area contributed by atoms with E-state index in [1.807, 2.05) is 78.5 Å². The maximum atomic E-state index is 13.8. The van der Waals surface area contributed by atoms with Gasteiger partial charge in [-0.1, -0.05) is 18.2 Å². The quantitative estimate of drug-likeness (QED) is 0.452. The van der Waals surface area contributed by atoms with Gasteiger partial charge < -0.3 is 4.57 Å². The van der Waals surface area contributed by atoms with E-state index in [-0.39, 0.29) is 22.5 Å². The number of nitrogens with zero attached hydrogens (tertiary/aromatic N) is 4. The second kappa shape index (κ2) is 8.48. The van der Waals surface area contributed by atoms with E-state index < -0.39 is 0 Å². The first-order chi connectivity index (χ1) is 16.1. The number of hydrogen-bond acceptors (Lipinski definition) is 4. The second-order valence-electron chi connectivity index (χ2n) is 8.31. The average Bonchev–Trinajstić information content (AvgIpc) is 3.61. The van der Waals surface area contributed by atoms with Gasteiger partial charge in [-0.25, -0.2) is 9.59 Å². The fourth-order valence-corrected chi connectivity index (χ4v) is 4.58. The maximum Gasteiger partial charge on any atom is 0.429 e. The van der Waals surface area contributed by atoms with Crippen molar-refractivity contribution in [3.8, 4) is 17.1 Å². The first kappa shape index (κ1) is 20.8. The maximum absolute atomic E-state index is 13.8. The number of H-pyrrole nitrogens is 1. The molecule has 5 rings (SSSR count). The molecule has 1 fully saturated rings. The Kier molecular flexibility index (Phi) is 5.35. The van der Waals surface area contributed by atoms with E-state index in [0.29, 0.717) is 29.3 Å². The Bertz CT molecular complexity index is 1280. The zero-order valence-corrected chi connectivity index (χ0v) is 18.3. The molecule has 1 aliphatic rings. The second-order valence-corrected chi connectivity index (χ2v) is 8.31. The standard InChI is InChI=1S/C25H24N6O2/c1-18-9-8-16-31(18,24(32)22-17-21(28-29-22)19-10-4-5-13-26-19)25(33)27-20-11-2-3-12-23(20)30-14-6-7-15-30/h2-7,10-15,17-18H,8-9,16H2,1H3,(H-,26,27,28,29,32,33)/p+1/t18-,31?/m1/s1. The summed E-state index contributed by atoms with van der Waals surface area (Å²) < 4.78 is 1.63. The lowest BCUT2D eigenvalue weighted by Gasteiger charge is -2.32. The Morgan fingerprint density at radius 3 is 2.58 bits per heavy atom. The minimum Gasteiger partial charge on any atom is -0.322 e. The van der Waals surface area contributed by atoms with E-state index in [1.165, 1.54) is 0 Å². The zero-order valence-electron chi connectivity index (χ0n) is 18.3. The van der Waals surface area contributed by atoms with Crippen molar-refractivity contribution in [2.24, 2.45) is 0 Å². The van der Waals surface area contributed by atoms with E-state index in [0.717, 1.165) is 18.5 Å². The highest BCUT2D eigenvalue weighted by Crippen LogP contribution is 2.32. The molecule has 8 nitrogen and oxygen atoms in total. The number of urea groups is 1. The average molecular weight is 442 g/mol. The Hall–Kier alpha value is -4.04. The Balaban J connectivity index is 1.48. The Labute approximate surface area is 191 Å². The molecule has 3 aromatic heterocycles. The fourth-order valence-electron chi connectivity index (χ4n) is 4.58. The van der Waals surface area contributed by atoms with Gasteiger partial charge in [-0.2, -0.15) is 9.58 Å². The lowest BCUT2D eigenvalue weighted by atomic mass is 10.2. The van der Waals surface area contributed by atoms with Crippen LogP contribution < -0.4 is 5.32 Å². The number of imide groups is 1. The van der Waals surface area contributed by atoms with Crippen molar-refractivity contribution in [3.05, 3.63) is 84.9 Å². The van der Waals surface area contributed by atoms with Gasteiger partial charge in [-0.05, 0) is 43.3 Å². The van der Waals surface area contributed by atoms with Gasteiger partial charge in [0, 0.05) is 37.5 Å². The summed E-state index contributed by atoms with van der Waals surface area (Å²) in [6, 6.07) is 18.1. The summed E-state index contributed by atoms with van der Waals surface area (Å²) in [5.74, 6) is -0.286. The molecule has 0 saturated carbocycles. The first-order valence-corrected chi connectivity index (χ1v) is 11.0. The number of benzene rings is 1. The third kappa shape index (κ3) is 3.64. The molecule has 4 heterocycles. The first-order valence-electron chi connectivity index (χ1n) is 11.0. The summed E-state index contributed by atoms with van der Waals surface area (Å²) in [6.07, 6.45) is 7.10. The Morgan fingerprint density at radius 1 is 1.06 bits per heavy atom. The number of amides is 3. The largest absolute Gasteiger partial charge is 0.429 e. The van der Waals surface area contributed by atoms with Crippen molar-refractivity contribution >= 4 is 17.6 Å². The van der Waals surface area contributed by atoms with Crippen LogP contribution in [0.3, 0.4) is 0 Å². The zero-order chi connectivity index (χ0) is 22.8. The number of carbonyl (C=O) groups excluding carboxylic acids is 2. The molecule has 166 valence electrons. The number of para-hydroxylation sites is 2. The summed E-state index contributed by atoms with van der Waals surface area (Å²) in [6.45, 7) is 2.40. The van der Waals surface area contributed by atoms with Gasteiger partial charge in [0.2, 0.25) is 0 Å². The van der Waals surface area contributed by atoms with Crippen molar-refractivity contribution < 1.29 is 14.1 Å². The van der Waals surface area contributed by atoms with Crippen LogP contribution in [-0.2, 0) is 0 Å². The number of likely N-dealkylation sites (tertiary alicyclic amines) is 1. The summed E-state index contributed by atoms with van der Waals surface area (Å²) in [4.78, 5) is 31.8. The number of pyridine rings is 1. The minimum absolute atomic E-state index is 0.155. The van der Waals surface area contributed by atoms with E-state index in [1.54, 1.807) is 12.3 Å². The van der Waals surface area contributed by atoms with Crippen LogP contribution in [0.15, 0.2) is 79.3 Å². The van der Waals surface area contributed by atoms with Gasteiger partial charge in [0.25, 0.3) is 0 Å². The third-order valence-corrected chi connectivity index (χ3v) is 6.37. The van der Waals surface area contributed by atoms with Crippen molar-refractivity contribution in [1.82, 2.24) is 19.7 Å². The van der Waals surface area contributed by atoms with E-state index in [2.05, 4.69) is 20.5 Å². The number of rotatable bonds is 4. The Morgan fingerprint density at radius 2 is 1.85 bits per heavy atom. The fraction of sp³-hybridized carbons (Fsp3) is 0.200. The SMILES string of the molecule is C[C@@H]1CCC[N+]1(C(=O)Nc1ccccc1-n1cccc1)C(=O)c1cc(-c2ccccn2)n[nH]1. The molecule has 0 aliphatic carbocycles. The number of aromatic nitrogens is 4. The van der Waals surface area contributed by atoms with E-state index in [4.69, 9.17) is 0 Å². The molecule has 2 N–H and O–H groups in total. The molecule has 4 aromatic rings. The molecule has 1 unspecified atom stereocenters. The van der Waals surface area contributed by atoms with Gasteiger partial charge in [0.1, 0.15) is 11.7 Å². The van der Waals surface area contributed by atoms with E-state index in [9.17, 15) is 9.59 Å². The van der Waals surface area contributed by atoms with Gasteiger partial charge >= 0.3 is 11.9 Å². The molecular formula is C25H25N6O2+. The van der Waals surface area contributed by atoms with Crippen LogP contribution in [0.4, 0.5) is 10.5 Å². The molecule has 0 bridgehead atoms. The van der Waals surface area contributed by atoms with Crippen molar-refractivity contribution in [1.29, 1.82) is 0 Å². The molecule has 1 aliphatic heterocycles. The molecule has 2 atom stereocenters. The minimum atomic E-state index is -0.335. The van der Waals surface area contributed by atoms with Gasteiger partial charge in [0.05, 0.1) is 23.6 Å².